The average molecular weight is 419 g/mol. The van der Waals surface area contributed by atoms with Crippen LogP contribution >= 0.6 is 11.8 Å². The molecular formula is C26H26O3S. The van der Waals surface area contributed by atoms with Crippen LogP contribution in [0.2, 0.25) is 0 Å². The summed E-state index contributed by atoms with van der Waals surface area (Å²) < 4.78 is 5.31. The van der Waals surface area contributed by atoms with Gasteiger partial charge in [0.1, 0.15) is 5.75 Å². The van der Waals surface area contributed by atoms with Gasteiger partial charge in [0.15, 0.2) is 6.61 Å². The summed E-state index contributed by atoms with van der Waals surface area (Å²) in [4.78, 5) is 11.8. The number of hydrogen-bond acceptors (Lipinski definition) is 3. The molecule has 0 atom stereocenters. The number of benzene rings is 3. The molecule has 0 fully saturated rings. The molecule has 0 aliphatic carbocycles. The fraction of sp³-hybridized carbons (Fsp3) is 0.192. The van der Waals surface area contributed by atoms with Crippen molar-refractivity contribution in [1.29, 1.82) is 0 Å². The Bertz CT molecular complexity index is 1010. The van der Waals surface area contributed by atoms with Crippen LogP contribution in [0.4, 0.5) is 0 Å². The van der Waals surface area contributed by atoms with Gasteiger partial charge in [-0.1, -0.05) is 67.6 Å². The summed E-state index contributed by atoms with van der Waals surface area (Å²) in [5.41, 5.74) is 5.91. The van der Waals surface area contributed by atoms with Crippen molar-refractivity contribution < 1.29 is 14.6 Å². The Balaban J connectivity index is 1.76. The fourth-order valence-electron chi connectivity index (χ4n) is 3.17. The first-order chi connectivity index (χ1) is 14.6. The highest BCUT2D eigenvalue weighted by atomic mass is 32.2. The van der Waals surface area contributed by atoms with Gasteiger partial charge in [-0.05, 0) is 59.4 Å². The molecule has 4 heteroatoms. The molecule has 3 nitrogen and oxygen atoms in total. The molecule has 3 aromatic rings. The van der Waals surface area contributed by atoms with E-state index in [4.69, 9.17) is 9.84 Å². The highest BCUT2D eigenvalue weighted by Gasteiger charge is 2.07. The van der Waals surface area contributed by atoms with E-state index in [9.17, 15) is 4.79 Å². The largest absolute Gasteiger partial charge is 0.482 e. The van der Waals surface area contributed by atoms with Crippen LogP contribution in [0.1, 0.15) is 29.2 Å². The number of aliphatic carboxylic acids is 1. The quantitative estimate of drug-likeness (QED) is 0.418. The maximum Gasteiger partial charge on any atom is 0.341 e. The molecule has 3 rings (SSSR count). The molecule has 0 aliphatic rings. The maximum absolute atomic E-state index is 10.7. The van der Waals surface area contributed by atoms with E-state index in [2.05, 4.69) is 61.5 Å². The van der Waals surface area contributed by atoms with Crippen LogP contribution in [-0.4, -0.2) is 23.4 Å². The first-order valence-electron chi connectivity index (χ1n) is 9.99. The molecule has 0 amide bonds. The molecule has 0 saturated heterocycles. The van der Waals surface area contributed by atoms with Gasteiger partial charge in [-0.3, -0.25) is 0 Å². The minimum atomic E-state index is -0.974. The lowest BCUT2D eigenvalue weighted by atomic mass is 9.96. The summed E-state index contributed by atoms with van der Waals surface area (Å²) in [7, 11) is 0. The fourth-order valence-corrected chi connectivity index (χ4v) is 4.04. The number of carboxylic acid groups (broad SMARTS) is 1. The number of aryl methyl sites for hydroxylation is 2. The summed E-state index contributed by atoms with van der Waals surface area (Å²) in [6.07, 6.45) is 3.30. The number of carbonyl (C=O) groups is 1. The van der Waals surface area contributed by atoms with Gasteiger partial charge in [0, 0.05) is 10.6 Å². The average Bonchev–Trinajstić information content (AvgIpc) is 2.77. The van der Waals surface area contributed by atoms with Crippen molar-refractivity contribution in [2.45, 2.75) is 25.2 Å². The van der Waals surface area contributed by atoms with Crippen LogP contribution in [0.3, 0.4) is 0 Å². The normalized spacial score (nSPS) is 11.3. The highest BCUT2D eigenvalue weighted by molar-refractivity contribution is 7.99. The Kier molecular flexibility index (Phi) is 7.75. The number of carboxylic acids is 1. The number of ether oxygens (including phenoxy) is 1. The molecule has 154 valence electrons. The van der Waals surface area contributed by atoms with Crippen molar-refractivity contribution >= 4 is 23.3 Å². The lowest BCUT2D eigenvalue weighted by Crippen LogP contribution is -2.09. The van der Waals surface area contributed by atoms with Crippen LogP contribution in [-0.2, 0) is 11.2 Å². The molecule has 0 aliphatic heterocycles. The van der Waals surface area contributed by atoms with Gasteiger partial charge in [-0.2, -0.15) is 0 Å². The van der Waals surface area contributed by atoms with Gasteiger partial charge in [0.2, 0.25) is 0 Å². The van der Waals surface area contributed by atoms with Gasteiger partial charge in [-0.15, -0.1) is 11.8 Å². The smallest absolute Gasteiger partial charge is 0.341 e. The molecule has 0 spiro atoms. The molecule has 0 bridgehead atoms. The van der Waals surface area contributed by atoms with Gasteiger partial charge >= 0.3 is 5.97 Å². The molecule has 0 radical (unpaired) electrons. The lowest BCUT2D eigenvalue weighted by Gasteiger charge is -2.11. The minimum absolute atomic E-state index is 0.326. The maximum atomic E-state index is 10.7. The number of rotatable bonds is 9. The van der Waals surface area contributed by atoms with Gasteiger partial charge < -0.3 is 9.84 Å². The standard InChI is InChI=1S/C26H26O3S/c1-3-20-9-11-22(12-10-20)24(21-7-5-4-6-8-21)15-16-30-23-13-14-25(19(2)17-23)29-18-26(27)28/h4-15,17H,3,16,18H2,1-2H3,(H,27,28)/b24-15-. The molecule has 3 aromatic carbocycles. The number of thioether (sulfide) groups is 1. The third-order valence-corrected chi connectivity index (χ3v) is 5.71. The summed E-state index contributed by atoms with van der Waals surface area (Å²) in [6, 6.07) is 25.1. The lowest BCUT2D eigenvalue weighted by molar-refractivity contribution is -0.139. The highest BCUT2D eigenvalue weighted by Crippen LogP contribution is 2.29. The number of hydrogen-bond donors (Lipinski definition) is 1. The second kappa shape index (κ2) is 10.7. The molecule has 0 aromatic heterocycles. The summed E-state index contributed by atoms with van der Waals surface area (Å²) >= 11 is 1.74. The predicted molar refractivity (Wildman–Crippen MR) is 124 cm³/mol. The van der Waals surface area contributed by atoms with Gasteiger partial charge in [0.05, 0.1) is 0 Å². The van der Waals surface area contributed by atoms with E-state index in [1.807, 2.05) is 31.2 Å². The van der Waals surface area contributed by atoms with Gasteiger partial charge in [0.25, 0.3) is 0 Å². The van der Waals surface area contributed by atoms with E-state index >= 15 is 0 Å². The van der Waals surface area contributed by atoms with E-state index < -0.39 is 5.97 Å². The third-order valence-electron chi connectivity index (χ3n) is 4.79. The monoisotopic (exact) mass is 418 g/mol. The Morgan fingerprint density at radius 1 is 1.00 bits per heavy atom. The van der Waals surface area contributed by atoms with Crippen molar-refractivity contribution in [2.75, 3.05) is 12.4 Å². The molecule has 1 N–H and O–H groups in total. The van der Waals surface area contributed by atoms with Crippen molar-refractivity contribution in [3.8, 4) is 5.75 Å². The summed E-state index contributed by atoms with van der Waals surface area (Å²) in [5, 5.41) is 8.77. The summed E-state index contributed by atoms with van der Waals surface area (Å²) in [5.74, 6) is 0.464. The van der Waals surface area contributed by atoms with Crippen molar-refractivity contribution in [1.82, 2.24) is 0 Å². The molecule has 0 heterocycles. The first-order valence-corrected chi connectivity index (χ1v) is 11.0. The van der Waals surface area contributed by atoms with E-state index in [1.165, 1.54) is 22.3 Å². The zero-order chi connectivity index (χ0) is 21.3. The van der Waals surface area contributed by atoms with E-state index in [1.54, 1.807) is 11.8 Å². The van der Waals surface area contributed by atoms with Crippen molar-refractivity contribution in [3.05, 3.63) is 101 Å². The Labute approximate surface area is 182 Å². The second-order valence-electron chi connectivity index (χ2n) is 6.96. The first kappa shape index (κ1) is 21.7. The molecule has 30 heavy (non-hydrogen) atoms. The van der Waals surface area contributed by atoms with Crippen molar-refractivity contribution in [2.24, 2.45) is 0 Å². The van der Waals surface area contributed by atoms with Crippen molar-refractivity contribution in [3.63, 3.8) is 0 Å². The van der Waals surface area contributed by atoms with E-state index in [-0.39, 0.29) is 6.61 Å². The van der Waals surface area contributed by atoms with Gasteiger partial charge in [-0.25, -0.2) is 4.79 Å². The second-order valence-corrected chi connectivity index (χ2v) is 8.05. The Morgan fingerprint density at radius 3 is 2.33 bits per heavy atom. The zero-order valence-corrected chi connectivity index (χ0v) is 18.1. The van der Waals surface area contributed by atoms with Crippen LogP contribution in [0.25, 0.3) is 5.57 Å². The SMILES string of the molecule is CCc1ccc(/C(=C\CSc2ccc(OCC(=O)O)c(C)c2)c2ccccc2)cc1. The minimum Gasteiger partial charge on any atom is -0.482 e. The van der Waals surface area contributed by atoms with E-state index in [0.29, 0.717) is 5.75 Å². The topological polar surface area (TPSA) is 46.5 Å². The molecule has 0 saturated carbocycles. The van der Waals surface area contributed by atoms with Crippen LogP contribution < -0.4 is 4.74 Å². The summed E-state index contributed by atoms with van der Waals surface area (Å²) in [6.45, 7) is 3.77. The molecular weight excluding hydrogens is 392 g/mol. The third kappa shape index (κ3) is 6.01. The Morgan fingerprint density at radius 2 is 1.70 bits per heavy atom. The van der Waals surface area contributed by atoms with Crippen LogP contribution in [0, 0.1) is 6.92 Å². The van der Waals surface area contributed by atoms with Crippen LogP contribution in [0.5, 0.6) is 5.75 Å². The zero-order valence-electron chi connectivity index (χ0n) is 17.3. The Hall–Kier alpha value is -2.98. The molecule has 0 unspecified atom stereocenters. The van der Waals surface area contributed by atoms with E-state index in [0.717, 1.165) is 22.6 Å². The van der Waals surface area contributed by atoms with Crippen LogP contribution in [0.15, 0.2) is 83.8 Å². The predicted octanol–water partition coefficient (Wildman–Crippen LogP) is 6.24.